The Bertz CT molecular complexity index is 6340. The van der Waals surface area contributed by atoms with Gasteiger partial charge in [0.1, 0.15) is 0 Å². The quantitative estimate of drug-likeness (QED) is 0.133. The normalized spacial score (nSPS) is 12.7. The smallest absolute Gasteiger partial charge is 0.00988 e. The van der Waals surface area contributed by atoms with Crippen molar-refractivity contribution >= 4 is 226 Å². The van der Waals surface area contributed by atoms with Crippen LogP contribution in [0.15, 0.2) is 285 Å². The van der Waals surface area contributed by atoms with Gasteiger partial charge < -0.3 is 0 Å². The van der Waals surface area contributed by atoms with Crippen molar-refractivity contribution in [2.45, 2.75) is 0 Å². The number of rotatable bonds is 0. The highest BCUT2D eigenvalue weighted by atomic mass is 14.2. The fourth-order valence-corrected chi connectivity index (χ4v) is 16.1. The summed E-state index contributed by atoms with van der Waals surface area (Å²) < 4.78 is 0. The molecule has 0 aliphatic carbocycles. The zero-order valence-corrected chi connectivity index (χ0v) is 48.6. The molecular formula is C90H47. The molecule has 0 unspecified atom stereocenters. The van der Waals surface area contributed by atoms with E-state index in [0.29, 0.717) is 0 Å². The maximum atomic E-state index is 3.42. The second-order valence-corrected chi connectivity index (χ2v) is 26.2. The van der Waals surface area contributed by atoms with Gasteiger partial charge in [-0.25, -0.2) is 0 Å². The summed E-state index contributed by atoms with van der Waals surface area (Å²) in [5.74, 6) is 0. The first-order valence-electron chi connectivity index (χ1n) is 31.4. The fraction of sp³-hybridized carbons (Fsp3) is 0. The minimum atomic E-state index is 1.16. The van der Waals surface area contributed by atoms with Gasteiger partial charge in [0.25, 0.3) is 0 Å². The fourth-order valence-electron chi connectivity index (χ4n) is 16.1. The molecule has 90 heavy (non-hydrogen) atoms. The van der Waals surface area contributed by atoms with E-state index < -0.39 is 0 Å². The molecule has 0 fully saturated rings. The van der Waals surface area contributed by atoms with Crippen molar-refractivity contribution in [3.63, 3.8) is 0 Å². The monoisotopic (exact) mass is 1130 g/mol. The first kappa shape index (κ1) is 47.4. The zero-order valence-electron chi connectivity index (χ0n) is 48.6. The summed E-state index contributed by atoms with van der Waals surface area (Å²) in [6.45, 7) is 0. The van der Waals surface area contributed by atoms with Gasteiger partial charge in [0, 0.05) is 0 Å². The van der Waals surface area contributed by atoms with Gasteiger partial charge in [-0.05, 0) is 475 Å². The molecule has 22 aromatic rings. The molecule has 0 saturated heterocycles. The van der Waals surface area contributed by atoms with E-state index >= 15 is 0 Å². The minimum absolute atomic E-state index is 1.16. The van der Waals surface area contributed by atoms with Crippen LogP contribution in [0.1, 0.15) is 0 Å². The van der Waals surface area contributed by atoms with Crippen molar-refractivity contribution in [3.05, 3.63) is 291 Å². The number of benzene rings is 22. The van der Waals surface area contributed by atoms with Gasteiger partial charge in [0.15, 0.2) is 0 Å². The summed E-state index contributed by atoms with van der Waals surface area (Å²) in [7, 11) is 0. The van der Waals surface area contributed by atoms with Gasteiger partial charge in [0.2, 0.25) is 0 Å². The lowest BCUT2D eigenvalue weighted by Gasteiger charge is -2.11. The summed E-state index contributed by atoms with van der Waals surface area (Å²) in [4.78, 5) is 0. The van der Waals surface area contributed by atoms with Gasteiger partial charge >= 0.3 is 0 Å². The summed E-state index contributed by atoms with van der Waals surface area (Å²) in [6.07, 6.45) is 0. The molecule has 0 amide bonds. The van der Waals surface area contributed by atoms with Crippen molar-refractivity contribution in [2.24, 2.45) is 0 Å². The van der Waals surface area contributed by atoms with E-state index in [0.717, 1.165) is 5.39 Å². The van der Waals surface area contributed by atoms with E-state index in [1.54, 1.807) is 0 Å². The van der Waals surface area contributed by atoms with Crippen LogP contribution in [-0.4, -0.2) is 0 Å². The van der Waals surface area contributed by atoms with Crippen LogP contribution in [-0.2, 0) is 0 Å². The molecule has 22 rings (SSSR count). The van der Waals surface area contributed by atoms with E-state index in [9.17, 15) is 0 Å². The molecule has 0 N–H and O–H groups in total. The molecule has 0 saturated carbocycles. The van der Waals surface area contributed by atoms with E-state index in [-0.39, 0.29) is 0 Å². The summed E-state index contributed by atoms with van der Waals surface area (Å²) >= 11 is 0. The van der Waals surface area contributed by atoms with Crippen molar-refractivity contribution in [1.29, 1.82) is 0 Å². The van der Waals surface area contributed by atoms with Gasteiger partial charge in [-0.2, -0.15) is 0 Å². The average Bonchev–Trinajstić information content (AvgIpc) is 0.885. The Labute approximate surface area is 514 Å². The van der Waals surface area contributed by atoms with Crippen molar-refractivity contribution < 1.29 is 0 Å². The average molecular weight is 1130 g/mol. The van der Waals surface area contributed by atoms with Crippen LogP contribution in [0.5, 0.6) is 0 Å². The van der Waals surface area contributed by atoms with Gasteiger partial charge in [-0.15, -0.1) is 0 Å². The molecule has 0 aliphatic heterocycles. The summed E-state index contributed by atoms with van der Waals surface area (Å²) in [5.41, 5.74) is 0. The third-order valence-electron chi connectivity index (χ3n) is 20.7. The topological polar surface area (TPSA) is 0 Å². The molecule has 0 aromatic heterocycles. The van der Waals surface area contributed by atoms with Gasteiger partial charge in [-0.3, -0.25) is 0 Å². The van der Waals surface area contributed by atoms with Gasteiger partial charge in [-0.1, -0.05) is 42.5 Å². The van der Waals surface area contributed by atoms with Gasteiger partial charge in [0.05, 0.1) is 0 Å². The molecule has 0 atom stereocenters. The lowest BCUT2D eigenvalue weighted by atomic mass is 9.92. The molecule has 0 bridgehead atoms. The molecule has 407 valence electrons. The highest BCUT2D eigenvalue weighted by Crippen LogP contribution is 2.41. The van der Waals surface area contributed by atoms with Crippen LogP contribution in [0.25, 0.3) is 226 Å². The maximum absolute atomic E-state index is 3.42. The third-order valence-corrected chi connectivity index (χ3v) is 20.7. The van der Waals surface area contributed by atoms with Crippen LogP contribution in [0.4, 0.5) is 0 Å². The summed E-state index contributed by atoms with van der Waals surface area (Å²) in [6, 6.07) is 113. The van der Waals surface area contributed by atoms with Crippen LogP contribution in [0.2, 0.25) is 0 Å². The Balaban J connectivity index is 0.604. The molecule has 0 aliphatic rings. The second kappa shape index (κ2) is 17.1. The Kier molecular flexibility index (Phi) is 9.01. The minimum Gasteiger partial charge on any atom is -0.0616 e. The number of hydrogen-bond acceptors (Lipinski definition) is 0. The molecule has 0 nitrogen and oxygen atoms in total. The highest BCUT2D eigenvalue weighted by Gasteiger charge is 2.14. The lowest BCUT2D eigenvalue weighted by Crippen LogP contribution is -1.84. The first-order chi connectivity index (χ1) is 44.3. The van der Waals surface area contributed by atoms with Crippen molar-refractivity contribution in [1.82, 2.24) is 0 Å². The van der Waals surface area contributed by atoms with Crippen molar-refractivity contribution in [2.75, 3.05) is 0 Å². The number of fused-ring (bicyclic) bond motifs is 21. The van der Waals surface area contributed by atoms with Crippen LogP contribution >= 0.6 is 0 Å². The van der Waals surface area contributed by atoms with Crippen LogP contribution < -0.4 is 0 Å². The Morgan fingerprint density at radius 3 is 0.400 bits per heavy atom. The van der Waals surface area contributed by atoms with E-state index in [2.05, 4.69) is 285 Å². The standard InChI is InChI=1S/C90H47/c1-2-6-50-10-54-14-58-18-62-22-66-26-70-30-74-34-78-38-82-42-86-46-90-48-88-44-84-40-80-36-76-32-72-28-68-24-64-20-60-16-56-12-52-8-4-3-7-51(52)11-55(56)15-59(60)19-63(64)23-67(68)27-71(72)31-75(76)35-79(80)39-83(84)43-87(88)47-89(90)45-85(86)41-81(82)37-77(78)33-73(74)29-69(70)25-65(66)21-61(62)17-57(58)13-53(54)9-49(50)5-1/h1-7,9-48H. The molecule has 0 heterocycles. The van der Waals surface area contributed by atoms with E-state index in [4.69, 9.17) is 0 Å². The molecule has 0 heteroatoms. The predicted molar refractivity (Wildman–Crippen MR) is 393 cm³/mol. The van der Waals surface area contributed by atoms with Crippen LogP contribution in [0.3, 0.4) is 0 Å². The third kappa shape index (κ3) is 7.13. The van der Waals surface area contributed by atoms with Crippen LogP contribution in [0, 0.1) is 6.07 Å². The largest absolute Gasteiger partial charge is 0.0616 e. The van der Waals surface area contributed by atoms with E-state index in [1.165, 1.54) is 221 Å². The zero-order chi connectivity index (χ0) is 58.2. The second-order valence-electron chi connectivity index (χ2n) is 26.2. The number of hydrogen-bond donors (Lipinski definition) is 0. The molecule has 1 radical (unpaired) electrons. The van der Waals surface area contributed by atoms with Crippen molar-refractivity contribution in [3.8, 4) is 0 Å². The molecule has 22 aromatic carbocycles. The highest BCUT2D eigenvalue weighted by molar-refractivity contribution is 6.19. The predicted octanol–water partition coefficient (Wildman–Crippen LogP) is 25.7. The Morgan fingerprint density at radius 2 is 0.233 bits per heavy atom. The maximum Gasteiger partial charge on any atom is -0.00988 e. The lowest BCUT2D eigenvalue weighted by molar-refractivity contribution is 1.78. The Hall–Kier alpha value is -11.7. The first-order valence-corrected chi connectivity index (χ1v) is 31.4. The molecule has 0 spiro atoms. The van der Waals surface area contributed by atoms with E-state index in [1.807, 2.05) is 6.07 Å². The Morgan fingerprint density at radius 1 is 0.111 bits per heavy atom. The molecular weight excluding hydrogens is 1080 g/mol. The SMILES string of the molecule is [c]1cccc2cc3cc4cc5cc6cc7cc8cc9cc%10cc%11cc%12cc%13cc%14cc%15cc%16cc%17cc%18cc%19cc%20cc%21cc%22ccccc%22cc%21cc%20cc%19cc%18cc%17cc%16cc%15cc%14cc%13cc%12cc%11cc%10cc9cc8cc7cc6cc5cc4cc3cc12. The summed E-state index contributed by atoms with van der Waals surface area (Å²) in [5, 5.41) is 53.0.